The van der Waals surface area contributed by atoms with Crippen molar-refractivity contribution in [2.45, 2.75) is 0 Å². The van der Waals surface area contributed by atoms with E-state index in [1.807, 2.05) is 66.0 Å². The highest BCUT2D eigenvalue weighted by atomic mass is 16.2. The van der Waals surface area contributed by atoms with Gasteiger partial charge in [0, 0.05) is 71.0 Å². The van der Waals surface area contributed by atoms with Gasteiger partial charge in [-0.3, -0.25) is 4.79 Å². The first-order chi connectivity index (χ1) is 11.1. The SMILES string of the molecule is CN(C)c1cccc(C(=O)N2CCN(c3nccn3C)CC2)c1. The van der Waals surface area contributed by atoms with Crippen LogP contribution in [0.1, 0.15) is 10.4 Å². The minimum atomic E-state index is 0.105. The van der Waals surface area contributed by atoms with Crippen molar-refractivity contribution < 1.29 is 4.79 Å². The second-order valence-electron chi connectivity index (χ2n) is 6.06. The van der Waals surface area contributed by atoms with Crippen LogP contribution in [0.4, 0.5) is 11.6 Å². The van der Waals surface area contributed by atoms with Crippen LogP contribution in [-0.4, -0.2) is 60.6 Å². The van der Waals surface area contributed by atoms with E-state index in [1.54, 1.807) is 6.20 Å². The molecule has 2 heterocycles. The monoisotopic (exact) mass is 313 g/mol. The first-order valence-corrected chi connectivity index (χ1v) is 7.85. The lowest BCUT2D eigenvalue weighted by molar-refractivity contribution is 0.0746. The predicted octanol–water partition coefficient (Wildman–Crippen LogP) is 1.45. The predicted molar refractivity (Wildman–Crippen MR) is 92.1 cm³/mol. The molecule has 1 aromatic heterocycles. The lowest BCUT2D eigenvalue weighted by atomic mass is 10.1. The molecule has 1 fully saturated rings. The number of amides is 1. The van der Waals surface area contributed by atoms with Gasteiger partial charge in [0.15, 0.2) is 0 Å². The molecule has 0 saturated carbocycles. The van der Waals surface area contributed by atoms with Gasteiger partial charge in [-0.25, -0.2) is 4.98 Å². The minimum Gasteiger partial charge on any atom is -0.378 e. The zero-order valence-corrected chi connectivity index (χ0v) is 13.9. The van der Waals surface area contributed by atoms with Gasteiger partial charge in [0.05, 0.1) is 0 Å². The van der Waals surface area contributed by atoms with Crippen LogP contribution in [0.2, 0.25) is 0 Å². The Kier molecular flexibility index (Phi) is 4.23. The molecule has 2 aromatic rings. The van der Waals surface area contributed by atoms with Crippen LogP contribution in [0.25, 0.3) is 0 Å². The normalized spacial score (nSPS) is 14.9. The standard InChI is InChI=1S/C17H23N5O/c1-19(2)15-6-4-5-14(13-15)16(23)21-9-11-22(12-10-21)17-18-7-8-20(17)3/h4-8,13H,9-12H2,1-3H3. The number of nitrogens with zero attached hydrogens (tertiary/aromatic N) is 5. The van der Waals surface area contributed by atoms with Crippen LogP contribution in [0.5, 0.6) is 0 Å². The lowest BCUT2D eigenvalue weighted by Gasteiger charge is -2.35. The molecule has 1 saturated heterocycles. The number of imidazole rings is 1. The van der Waals surface area contributed by atoms with Crippen LogP contribution < -0.4 is 9.80 Å². The first kappa shape index (κ1) is 15.4. The summed E-state index contributed by atoms with van der Waals surface area (Å²) in [6.45, 7) is 3.06. The highest BCUT2D eigenvalue weighted by Gasteiger charge is 2.24. The zero-order valence-electron chi connectivity index (χ0n) is 13.9. The number of rotatable bonds is 3. The third kappa shape index (κ3) is 3.16. The number of anilines is 2. The van der Waals surface area contributed by atoms with Gasteiger partial charge in [0.2, 0.25) is 5.95 Å². The van der Waals surface area contributed by atoms with E-state index in [0.29, 0.717) is 0 Å². The van der Waals surface area contributed by atoms with Crippen molar-refractivity contribution in [1.29, 1.82) is 0 Å². The Bertz CT molecular complexity index is 686. The maximum atomic E-state index is 12.7. The molecule has 6 nitrogen and oxygen atoms in total. The molecule has 0 aliphatic carbocycles. The van der Waals surface area contributed by atoms with Crippen LogP contribution >= 0.6 is 0 Å². The van der Waals surface area contributed by atoms with E-state index in [9.17, 15) is 4.79 Å². The third-order valence-electron chi connectivity index (χ3n) is 4.25. The van der Waals surface area contributed by atoms with Crippen LogP contribution in [0, 0.1) is 0 Å². The number of aromatic nitrogens is 2. The van der Waals surface area contributed by atoms with Crippen molar-refractivity contribution in [1.82, 2.24) is 14.5 Å². The molecule has 0 spiro atoms. The number of hydrogen-bond acceptors (Lipinski definition) is 4. The van der Waals surface area contributed by atoms with Gasteiger partial charge in [-0.1, -0.05) is 6.07 Å². The van der Waals surface area contributed by atoms with Crippen molar-refractivity contribution >= 4 is 17.5 Å². The summed E-state index contributed by atoms with van der Waals surface area (Å²) in [5.41, 5.74) is 1.80. The molecule has 1 aliphatic heterocycles. The molecule has 0 bridgehead atoms. The molecule has 0 N–H and O–H groups in total. The number of carbonyl (C=O) groups is 1. The number of aryl methyl sites for hydroxylation is 1. The molecule has 1 aromatic carbocycles. The van der Waals surface area contributed by atoms with Crippen molar-refractivity contribution in [2.75, 3.05) is 50.1 Å². The Morgan fingerprint density at radius 3 is 2.52 bits per heavy atom. The summed E-state index contributed by atoms with van der Waals surface area (Å²) >= 11 is 0. The maximum Gasteiger partial charge on any atom is 0.254 e. The highest BCUT2D eigenvalue weighted by molar-refractivity contribution is 5.95. The summed E-state index contributed by atoms with van der Waals surface area (Å²) in [5, 5.41) is 0. The van der Waals surface area contributed by atoms with Crippen LogP contribution in [0.15, 0.2) is 36.7 Å². The molecule has 0 unspecified atom stereocenters. The molecular formula is C17H23N5O. The van der Waals surface area contributed by atoms with Crippen molar-refractivity contribution in [2.24, 2.45) is 7.05 Å². The van der Waals surface area contributed by atoms with Crippen molar-refractivity contribution in [3.63, 3.8) is 0 Å². The zero-order chi connectivity index (χ0) is 16.4. The second kappa shape index (κ2) is 6.32. The van der Waals surface area contributed by atoms with Crippen molar-refractivity contribution in [3.05, 3.63) is 42.2 Å². The van der Waals surface area contributed by atoms with Crippen LogP contribution in [-0.2, 0) is 7.05 Å². The Labute approximate surface area is 136 Å². The Morgan fingerprint density at radius 2 is 1.91 bits per heavy atom. The largest absolute Gasteiger partial charge is 0.378 e. The van der Waals surface area contributed by atoms with Gasteiger partial charge in [-0.15, -0.1) is 0 Å². The average molecular weight is 313 g/mol. The summed E-state index contributed by atoms with van der Waals surface area (Å²) in [5.74, 6) is 1.07. The van der Waals surface area contributed by atoms with Gasteiger partial charge in [0.1, 0.15) is 0 Å². The summed E-state index contributed by atoms with van der Waals surface area (Å²) in [6, 6.07) is 7.79. The fourth-order valence-electron chi connectivity index (χ4n) is 2.87. The fraction of sp³-hybridized carbons (Fsp3) is 0.412. The van der Waals surface area contributed by atoms with Gasteiger partial charge in [-0.2, -0.15) is 0 Å². The number of carbonyl (C=O) groups excluding carboxylic acids is 1. The number of hydrogen-bond donors (Lipinski definition) is 0. The molecule has 122 valence electrons. The van der Waals surface area contributed by atoms with E-state index in [-0.39, 0.29) is 5.91 Å². The molecule has 1 aliphatic rings. The van der Waals surface area contributed by atoms with Crippen molar-refractivity contribution in [3.8, 4) is 0 Å². The van der Waals surface area contributed by atoms with Gasteiger partial charge >= 0.3 is 0 Å². The van der Waals surface area contributed by atoms with Crippen LogP contribution in [0.3, 0.4) is 0 Å². The van der Waals surface area contributed by atoms with Gasteiger partial charge in [-0.05, 0) is 18.2 Å². The molecular weight excluding hydrogens is 290 g/mol. The minimum absolute atomic E-state index is 0.105. The van der Waals surface area contributed by atoms with E-state index in [4.69, 9.17) is 0 Å². The average Bonchev–Trinajstić information content (AvgIpc) is 3.00. The Balaban J connectivity index is 1.66. The molecule has 6 heteroatoms. The first-order valence-electron chi connectivity index (χ1n) is 7.85. The Morgan fingerprint density at radius 1 is 1.17 bits per heavy atom. The fourth-order valence-corrected chi connectivity index (χ4v) is 2.87. The summed E-state index contributed by atoms with van der Waals surface area (Å²) in [4.78, 5) is 23.2. The molecule has 1 amide bonds. The summed E-state index contributed by atoms with van der Waals surface area (Å²) < 4.78 is 2.01. The third-order valence-corrected chi connectivity index (χ3v) is 4.25. The van der Waals surface area contributed by atoms with Gasteiger partial charge < -0.3 is 19.3 Å². The lowest BCUT2D eigenvalue weighted by Crippen LogP contribution is -2.49. The van der Waals surface area contributed by atoms with E-state index >= 15 is 0 Å². The second-order valence-corrected chi connectivity index (χ2v) is 6.06. The van der Waals surface area contributed by atoms with Gasteiger partial charge in [0.25, 0.3) is 5.91 Å². The molecule has 23 heavy (non-hydrogen) atoms. The molecule has 0 radical (unpaired) electrons. The Hall–Kier alpha value is -2.50. The summed E-state index contributed by atoms with van der Waals surface area (Å²) in [7, 11) is 5.96. The van der Waals surface area contributed by atoms with E-state index < -0.39 is 0 Å². The van der Waals surface area contributed by atoms with E-state index in [2.05, 4.69) is 9.88 Å². The number of benzene rings is 1. The maximum absolute atomic E-state index is 12.7. The molecule has 0 atom stereocenters. The molecule has 3 rings (SSSR count). The van der Waals surface area contributed by atoms with E-state index in [0.717, 1.165) is 43.4 Å². The highest BCUT2D eigenvalue weighted by Crippen LogP contribution is 2.17. The topological polar surface area (TPSA) is 44.6 Å². The number of piperazine rings is 1. The van der Waals surface area contributed by atoms with E-state index in [1.165, 1.54) is 0 Å². The quantitative estimate of drug-likeness (QED) is 0.860. The smallest absolute Gasteiger partial charge is 0.254 e. The summed E-state index contributed by atoms with van der Waals surface area (Å²) in [6.07, 6.45) is 3.75.